The quantitative estimate of drug-likeness (QED) is 0.181. The van der Waals surface area contributed by atoms with Crippen LogP contribution < -0.4 is 10.6 Å². The molecule has 1 aromatic carbocycles. The van der Waals surface area contributed by atoms with Crippen molar-refractivity contribution in [1.29, 1.82) is 0 Å². The summed E-state index contributed by atoms with van der Waals surface area (Å²) in [5, 5.41) is 10.8. The molecule has 31 heavy (non-hydrogen) atoms. The Kier molecular flexibility index (Phi) is 13.4. The van der Waals surface area contributed by atoms with Gasteiger partial charge in [-0.25, -0.2) is 0 Å². The zero-order valence-corrected chi connectivity index (χ0v) is 21.9. The number of nitrogens with zero attached hydrogens (tertiary/aromatic N) is 4. The topological polar surface area (TPSA) is 78.6 Å². The van der Waals surface area contributed by atoms with Gasteiger partial charge in [-0.2, -0.15) is 4.98 Å². The standard InChI is InChI=1S/C23H38N6O.HI/c1-6-24-23(25-15-10-13-21-27-22(18(2)3)28-30-21)26-16-14-19(4)29(5)17-20-11-8-7-9-12-20;/h7-9,11-12,18-19H,6,10,13-17H2,1-5H3,(H2,24,25,26);1H. The van der Waals surface area contributed by atoms with Crippen LogP contribution in [0.25, 0.3) is 0 Å². The van der Waals surface area contributed by atoms with Crippen molar-refractivity contribution in [2.24, 2.45) is 4.99 Å². The van der Waals surface area contributed by atoms with Gasteiger partial charge in [0, 0.05) is 44.6 Å². The highest BCUT2D eigenvalue weighted by atomic mass is 127. The third kappa shape index (κ3) is 10.5. The Balaban J connectivity index is 0.00000480. The maximum Gasteiger partial charge on any atom is 0.226 e. The van der Waals surface area contributed by atoms with E-state index in [2.05, 4.69) is 95.7 Å². The first-order valence-electron chi connectivity index (χ1n) is 11.1. The molecule has 7 nitrogen and oxygen atoms in total. The van der Waals surface area contributed by atoms with E-state index in [4.69, 9.17) is 4.52 Å². The minimum atomic E-state index is 0. The highest BCUT2D eigenvalue weighted by Crippen LogP contribution is 2.10. The van der Waals surface area contributed by atoms with Crippen molar-refractivity contribution >= 4 is 29.9 Å². The molecule has 0 aliphatic carbocycles. The maximum atomic E-state index is 5.29. The van der Waals surface area contributed by atoms with E-state index in [1.807, 2.05) is 0 Å². The lowest BCUT2D eigenvalue weighted by Crippen LogP contribution is -2.40. The van der Waals surface area contributed by atoms with Gasteiger partial charge in [0.05, 0.1) is 0 Å². The number of halogens is 1. The predicted molar refractivity (Wildman–Crippen MR) is 138 cm³/mol. The molecule has 0 saturated heterocycles. The summed E-state index contributed by atoms with van der Waals surface area (Å²) in [5.41, 5.74) is 1.34. The fraction of sp³-hybridized carbons (Fsp3) is 0.609. The van der Waals surface area contributed by atoms with Crippen LogP contribution in [-0.2, 0) is 13.0 Å². The van der Waals surface area contributed by atoms with E-state index in [1.54, 1.807) is 0 Å². The lowest BCUT2D eigenvalue weighted by molar-refractivity contribution is 0.238. The van der Waals surface area contributed by atoms with Crippen LogP contribution >= 0.6 is 24.0 Å². The van der Waals surface area contributed by atoms with Gasteiger partial charge in [-0.1, -0.05) is 49.3 Å². The number of rotatable bonds is 12. The van der Waals surface area contributed by atoms with Gasteiger partial charge in [-0.15, -0.1) is 24.0 Å². The van der Waals surface area contributed by atoms with E-state index in [-0.39, 0.29) is 24.0 Å². The molecule has 0 saturated carbocycles. The number of aryl methyl sites for hydroxylation is 1. The fourth-order valence-electron chi connectivity index (χ4n) is 3.01. The molecule has 1 heterocycles. The number of hydrogen-bond donors (Lipinski definition) is 2. The van der Waals surface area contributed by atoms with E-state index < -0.39 is 0 Å². The first-order valence-corrected chi connectivity index (χ1v) is 11.1. The van der Waals surface area contributed by atoms with Crippen molar-refractivity contribution in [3.63, 3.8) is 0 Å². The molecule has 1 atom stereocenters. The highest BCUT2D eigenvalue weighted by molar-refractivity contribution is 14.0. The summed E-state index contributed by atoms with van der Waals surface area (Å²) >= 11 is 0. The largest absolute Gasteiger partial charge is 0.357 e. The molecule has 0 radical (unpaired) electrons. The summed E-state index contributed by atoms with van der Waals surface area (Å²) in [4.78, 5) is 11.5. The molecule has 2 N–H and O–H groups in total. The van der Waals surface area contributed by atoms with Crippen molar-refractivity contribution in [3.05, 3.63) is 47.6 Å². The molecule has 0 amide bonds. The molecule has 0 spiro atoms. The molecule has 0 aliphatic heterocycles. The minimum Gasteiger partial charge on any atom is -0.357 e. The van der Waals surface area contributed by atoms with Crippen LogP contribution in [0.3, 0.4) is 0 Å². The predicted octanol–water partition coefficient (Wildman–Crippen LogP) is 4.21. The van der Waals surface area contributed by atoms with Crippen molar-refractivity contribution in [2.75, 3.05) is 26.7 Å². The first-order chi connectivity index (χ1) is 14.5. The van der Waals surface area contributed by atoms with Crippen LogP contribution in [0.4, 0.5) is 0 Å². The zero-order chi connectivity index (χ0) is 21.8. The summed E-state index contributed by atoms with van der Waals surface area (Å²) in [6.45, 7) is 11.9. The summed E-state index contributed by atoms with van der Waals surface area (Å²) in [6, 6.07) is 11.1. The Hall–Kier alpha value is -1.68. The Labute approximate surface area is 204 Å². The summed E-state index contributed by atoms with van der Waals surface area (Å²) < 4.78 is 5.29. The third-order valence-corrected chi connectivity index (χ3v) is 5.04. The lowest BCUT2D eigenvalue weighted by Gasteiger charge is -2.25. The Morgan fingerprint density at radius 2 is 1.90 bits per heavy atom. The smallest absolute Gasteiger partial charge is 0.226 e. The van der Waals surface area contributed by atoms with Crippen LogP contribution in [0.1, 0.15) is 63.7 Å². The van der Waals surface area contributed by atoms with Crippen LogP contribution in [0.15, 0.2) is 39.8 Å². The number of guanidine groups is 1. The van der Waals surface area contributed by atoms with Crippen LogP contribution in [0.2, 0.25) is 0 Å². The number of aromatic nitrogens is 2. The zero-order valence-electron chi connectivity index (χ0n) is 19.6. The molecule has 8 heteroatoms. The molecule has 0 aliphatic rings. The average Bonchev–Trinajstić information content (AvgIpc) is 3.21. The second-order valence-electron chi connectivity index (χ2n) is 8.03. The number of benzene rings is 1. The van der Waals surface area contributed by atoms with Gasteiger partial charge in [0.1, 0.15) is 0 Å². The Morgan fingerprint density at radius 3 is 2.55 bits per heavy atom. The van der Waals surface area contributed by atoms with Gasteiger partial charge in [0.25, 0.3) is 0 Å². The number of aliphatic imine (C=N–C) groups is 1. The Morgan fingerprint density at radius 1 is 1.16 bits per heavy atom. The lowest BCUT2D eigenvalue weighted by atomic mass is 10.1. The van der Waals surface area contributed by atoms with E-state index in [1.165, 1.54) is 5.56 Å². The van der Waals surface area contributed by atoms with Crippen LogP contribution in [-0.4, -0.2) is 53.7 Å². The summed E-state index contributed by atoms with van der Waals surface area (Å²) in [7, 11) is 2.18. The average molecular weight is 543 g/mol. The molecule has 2 rings (SSSR count). The molecule has 0 fully saturated rings. The normalized spacial score (nSPS) is 12.7. The molecule has 2 aromatic rings. The van der Waals surface area contributed by atoms with Gasteiger partial charge in [0.15, 0.2) is 11.8 Å². The maximum absolute atomic E-state index is 5.29. The second-order valence-corrected chi connectivity index (χ2v) is 8.03. The van der Waals surface area contributed by atoms with Crippen LogP contribution in [0, 0.1) is 0 Å². The summed E-state index contributed by atoms with van der Waals surface area (Å²) in [5.74, 6) is 2.63. The Bertz CT molecular complexity index is 750. The highest BCUT2D eigenvalue weighted by Gasteiger charge is 2.11. The van der Waals surface area contributed by atoms with Gasteiger partial charge >= 0.3 is 0 Å². The van der Waals surface area contributed by atoms with Crippen molar-refractivity contribution < 1.29 is 4.52 Å². The van der Waals surface area contributed by atoms with Gasteiger partial charge in [-0.05, 0) is 39.3 Å². The van der Waals surface area contributed by atoms with Crippen molar-refractivity contribution in [3.8, 4) is 0 Å². The SMILES string of the molecule is CCNC(=NCCCc1nc(C(C)C)no1)NCCC(C)N(C)Cc1ccccc1.I. The summed E-state index contributed by atoms with van der Waals surface area (Å²) in [6.07, 6.45) is 2.68. The molecule has 1 aromatic heterocycles. The second kappa shape index (κ2) is 15.2. The van der Waals surface area contributed by atoms with Gasteiger partial charge in [0.2, 0.25) is 5.89 Å². The molecule has 174 valence electrons. The van der Waals surface area contributed by atoms with Crippen molar-refractivity contribution in [1.82, 2.24) is 25.7 Å². The van der Waals surface area contributed by atoms with E-state index in [0.717, 1.165) is 57.2 Å². The van der Waals surface area contributed by atoms with Crippen LogP contribution in [0.5, 0.6) is 0 Å². The van der Waals surface area contributed by atoms with E-state index >= 15 is 0 Å². The first kappa shape index (κ1) is 27.4. The van der Waals surface area contributed by atoms with E-state index in [0.29, 0.717) is 17.9 Å². The monoisotopic (exact) mass is 542 g/mol. The molecular weight excluding hydrogens is 503 g/mol. The minimum absolute atomic E-state index is 0. The molecule has 0 bridgehead atoms. The third-order valence-electron chi connectivity index (χ3n) is 5.04. The fourth-order valence-corrected chi connectivity index (χ4v) is 3.01. The van der Waals surface area contributed by atoms with Gasteiger partial charge < -0.3 is 15.2 Å². The molecule has 1 unspecified atom stereocenters. The van der Waals surface area contributed by atoms with E-state index in [9.17, 15) is 0 Å². The number of nitrogens with one attached hydrogen (secondary N) is 2. The number of hydrogen-bond acceptors (Lipinski definition) is 5. The molecular formula is C23H39IN6O. The van der Waals surface area contributed by atoms with Gasteiger partial charge in [-0.3, -0.25) is 9.89 Å². The van der Waals surface area contributed by atoms with Crippen molar-refractivity contribution in [2.45, 2.75) is 65.5 Å².